The molecule has 1 aliphatic heterocycles. The number of methoxy groups -OCH3 is 1. The lowest BCUT2D eigenvalue weighted by Crippen LogP contribution is -2.33. The van der Waals surface area contributed by atoms with Gasteiger partial charge in [0, 0.05) is 17.1 Å². The highest BCUT2D eigenvalue weighted by Gasteiger charge is 2.38. The van der Waals surface area contributed by atoms with E-state index in [1.807, 2.05) is 6.07 Å². The zero-order chi connectivity index (χ0) is 16.4. The van der Waals surface area contributed by atoms with Gasteiger partial charge in [0.2, 0.25) is 0 Å². The second kappa shape index (κ2) is 6.27. The molecule has 0 saturated heterocycles. The number of nitrogens with one attached hydrogen (secondary N) is 1. The molecule has 2 nitrogen and oxygen atoms in total. The molecule has 3 rings (SSSR count). The van der Waals surface area contributed by atoms with Gasteiger partial charge in [-0.05, 0) is 55.5 Å². The summed E-state index contributed by atoms with van der Waals surface area (Å²) < 4.78 is 5.39. The zero-order valence-corrected chi connectivity index (χ0v) is 14.6. The molecule has 2 heteroatoms. The minimum Gasteiger partial charge on any atom is -0.497 e. The standard InChI is InChI=1S/C21H27NO/c1-15-8-10-16(11-9-15)6-5-7-20-21(2,3)18-14-17(23-4)12-13-19(18)22-20/h8-14,20,22H,5-7H2,1-4H3. The van der Waals surface area contributed by atoms with Crippen molar-refractivity contribution in [3.8, 4) is 5.75 Å². The average Bonchev–Trinajstić information content (AvgIpc) is 2.80. The Labute approximate surface area is 139 Å². The lowest BCUT2D eigenvalue weighted by Gasteiger charge is -2.28. The van der Waals surface area contributed by atoms with Gasteiger partial charge in [0.1, 0.15) is 5.75 Å². The van der Waals surface area contributed by atoms with Gasteiger partial charge in [-0.25, -0.2) is 0 Å². The molecule has 0 aromatic heterocycles. The van der Waals surface area contributed by atoms with Crippen molar-refractivity contribution in [2.45, 2.75) is 51.5 Å². The summed E-state index contributed by atoms with van der Waals surface area (Å²) in [7, 11) is 1.73. The smallest absolute Gasteiger partial charge is 0.119 e. The van der Waals surface area contributed by atoms with Gasteiger partial charge in [0.05, 0.1) is 7.11 Å². The highest BCUT2D eigenvalue weighted by molar-refractivity contribution is 5.63. The maximum absolute atomic E-state index is 5.39. The molecule has 0 bridgehead atoms. The van der Waals surface area contributed by atoms with Crippen LogP contribution in [0, 0.1) is 6.92 Å². The molecule has 1 N–H and O–H groups in total. The van der Waals surface area contributed by atoms with E-state index in [2.05, 4.69) is 62.5 Å². The fourth-order valence-electron chi connectivity index (χ4n) is 3.56. The van der Waals surface area contributed by atoms with Crippen molar-refractivity contribution < 1.29 is 4.74 Å². The first kappa shape index (κ1) is 15.9. The van der Waals surface area contributed by atoms with Crippen LogP contribution in [0.1, 0.15) is 43.4 Å². The molecule has 1 unspecified atom stereocenters. The SMILES string of the molecule is COc1ccc2c(c1)C(C)(C)C(CCCc1ccc(C)cc1)N2. The van der Waals surface area contributed by atoms with Crippen molar-refractivity contribution >= 4 is 5.69 Å². The van der Waals surface area contributed by atoms with E-state index in [4.69, 9.17) is 4.74 Å². The highest BCUT2D eigenvalue weighted by Crippen LogP contribution is 2.43. The summed E-state index contributed by atoms with van der Waals surface area (Å²) in [5.74, 6) is 0.943. The van der Waals surface area contributed by atoms with Gasteiger partial charge in [-0.3, -0.25) is 0 Å². The van der Waals surface area contributed by atoms with Crippen molar-refractivity contribution in [3.63, 3.8) is 0 Å². The van der Waals surface area contributed by atoms with Crippen LogP contribution < -0.4 is 10.1 Å². The van der Waals surface area contributed by atoms with E-state index in [-0.39, 0.29) is 5.41 Å². The van der Waals surface area contributed by atoms with Crippen molar-refractivity contribution in [3.05, 3.63) is 59.2 Å². The third kappa shape index (κ3) is 3.21. The summed E-state index contributed by atoms with van der Waals surface area (Å²) in [5.41, 5.74) is 5.53. The van der Waals surface area contributed by atoms with Crippen LogP contribution in [-0.4, -0.2) is 13.2 Å². The first-order valence-corrected chi connectivity index (χ1v) is 8.51. The van der Waals surface area contributed by atoms with Crippen molar-refractivity contribution in [1.82, 2.24) is 0 Å². The van der Waals surface area contributed by atoms with Gasteiger partial charge in [0.25, 0.3) is 0 Å². The third-order valence-electron chi connectivity index (χ3n) is 5.20. The lowest BCUT2D eigenvalue weighted by molar-refractivity contribution is 0.407. The topological polar surface area (TPSA) is 21.3 Å². The van der Waals surface area contributed by atoms with E-state index in [0.717, 1.165) is 12.2 Å². The van der Waals surface area contributed by atoms with E-state index in [1.165, 1.54) is 35.2 Å². The van der Waals surface area contributed by atoms with Gasteiger partial charge in [-0.2, -0.15) is 0 Å². The fraction of sp³-hybridized carbons (Fsp3) is 0.429. The normalized spacial score (nSPS) is 18.3. The zero-order valence-electron chi connectivity index (χ0n) is 14.6. The molecular formula is C21H27NO. The molecule has 23 heavy (non-hydrogen) atoms. The molecule has 0 amide bonds. The highest BCUT2D eigenvalue weighted by atomic mass is 16.5. The fourth-order valence-corrected chi connectivity index (χ4v) is 3.56. The minimum absolute atomic E-state index is 0.136. The van der Waals surface area contributed by atoms with Gasteiger partial charge >= 0.3 is 0 Å². The molecular weight excluding hydrogens is 282 g/mol. The van der Waals surface area contributed by atoms with Gasteiger partial charge in [-0.1, -0.05) is 43.7 Å². The number of benzene rings is 2. The summed E-state index contributed by atoms with van der Waals surface area (Å²) in [6.45, 7) is 6.81. The quantitative estimate of drug-likeness (QED) is 0.830. The Balaban J connectivity index is 1.64. The maximum atomic E-state index is 5.39. The van der Waals surface area contributed by atoms with E-state index >= 15 is 0 Å². The predicted molar refractivity (Wildman–Crippen MR) is 97.5 cm³/mol. The number of rotatable bonds is 5. The summed E-state index contributed by atoms with van der Waals surface area (Å²) in [5, 5.41) is 3.72. The number of anilines is 1. The van der Waals surface area contributed by atoms with Crippen LogP contribution in [-0.2, 0) is 11.8 Å². The van der Waals surface area contributed by atoms with Crippen LogP contribution >= 0.6 is 0 Å². The lowest BCUT2D eigenvalue weighted by atomic mass is 9.78. The van der Waals surface area contributed by atoms with Gasteiger partial charge in [-0.15, -0.1) is 0 Å². The summed E-state index contributed by atoms with van der Waals surface area (Å²) in [4.78, 5) is 0. The molecule has 122 valence electrons. The molecule has 0 radical (unpaired) electrons. The van der Waals surface area contributed by atoms with Crippen molar-refractivity contribution in [1.29, 1.82) is 0 Å². The molecule has 2 aromatic carbocycles. The second-order valence-electron chi connectivity index (χ2n) is 7.21. The van der Waals surface area contributed by atoms with Crippen LogP contribution in [0.25, 0.3) is 0 Å². The van der Waals surface area contributed by atoms with E-state index in [1.54, 1.807) is 7.11 Å². The molecule has 1 atom stereocenters. The summed E-state index contributed by atoms with van der Waals surface area (Å²) in [6, 6.07) is 15.8. The summed E-state index contributed by atoms with van der Waals surface area (Å²) in [6.07, 6.45) is 3.53. The molecule has 0 spiro atoms. The molecule has 2 aromatic rings. The van der Waals surface area contributed by atoms with Crippen molar-refractivity contribution in [2.75, 3.05) is 12.4 Å². The first-order chi connectivity index (χ1) is 11.0. The van der Waals surface area contributed by atoms with Gasteiger partial charge < -0.3 is 10.1 Å². The van der Waals surface area contributed by atoms with Crippen LogP contribution in [0.2, 0.25) is 0 Å². The first-order valence-electron chi connectivity index (χ1n) is 8.51. The second-order valence-corrected chi connectivity index (χ2v) is 7.21. The van der Waals surface area contributed by atoms with E-state index < -0.39 is 0 Å². The van der Waals surface area contributed by atoms with E-state index in [0.29, 0.717) is 6.04 Å². The van der Waals surface area contributed by atoms with Crippen molar-refractivity contribution in [2.24, 2.45) is 0 Å². The van der Waals surface area contributed by atoms with Crippen LogP contribution in [0.3, 0.4) is 0 Å². The number of ether oxygens (including phenoxy) is 1. The Morgan fingerprint density at radius 3 is 2.52 bits per heavy atom. The molecule has 0 saturated carbocycles. The number of fused-ring (bicyclic) bond motifs is 1. The van der Waals surface area contributed by atoms with Gasteiger partial charge in [0.15, 0.2) is 0 Å². The Morgan fingerprint density at radius 1 is 1.09 bits per heavy atom. The average molecular weight is 309 g/mol. The summed E-state index contributed by atoms with van der Waals surface area (Å²) >= 11 is 0. The maximum Gasteiger partial charge on any atom is 0.119 e. The third-order valence-corrected chi connectivity index (χ3v) is 5.20. The molecule has 0 aliphatic carbocycles. The van der Waals surface area contributed by atoms with Crippen LogP contribution in [0.5, 0.6) is 5.75 Å². The molecule has 1 heterocycles. The Hall–Kier alpha value is -1.96. The van der Waals surface area contributed by atoms with Crippen LogP contribution in [0.15, 0.2) is 42.5 Å². The predicted octanol–water partition coefficient (Wildman–Crippen LogP) is 5.10. The number of hydrogen-bond donors (Lipinski definition) is 1. The minimum atomic E-state index is 0.136. The monoisotopic (exact) mass is 309 g/mol. The number of aryl methyl sites for hydroxylation is 2. The Kier molecular flexibility index (Phi) is 4.34. The Bertz CT molecular complexity index is 673. The molecule has 1 aliphatic rings. The van der Waals surface area contributed by atoms with E-state index in [9.17, 15) is 0 Å². The molecule has 0 fully saturated rings. The van der Waals surface area contributed by atoms with Crippen LogP contribution in [0.4, 0.5) is 5.69 Å². The largest absolute Gasteiger partial charge is 0.497 e. The number of hydrogen-bond acceptors (Lipinski definition) is 2. The Morgan fingerprint density at radius 2 is 1.83 bits per heavy atom.